The van der Waals surface area contributed by atoms with Crippen LogP contribution in [0.1, 0.15) is 35.1 Å². The van der Waals surface area contributed by atoms with Crippen LogP contribution < -0.4 is 10.6 Å². The number of carbonyl (C=O) groups excluding carboxylic acids is 2. The molecule has 1 aromatic heterocycles. The zero-order chi connectivity index (χ0) is 18.2. The molecule has 0 radical (unpaired) electrons. The number of carbonyl (C=O) groups is 2. The van der Waals surface area contributed by atoms with Crippen molar-refractivity contribution in [1.29, 1.82) is 0 Å². The Labute approximate surface area is 151 Å². The summed E-state index contributed by atoms with van der Waals surface area (Å²) in [4.78, 5) is 38.5. The summed E-state index contributed by atoms with van der Waals surface area (Å²) in [5.74, 6) is 0.522. The summed E-state index contributed by atoms with van der Waals surface area (Å²) >= 11 is 1.39. The van der Waals surface area contributed by atoms with Gasteiger partial charge in [-0.3, -0.25) is 14.9 Å². The predicted octanol–water partition coefficient (Wildman–Crippen LogP) is 0.906. The van der Waals surface area contributed by atoms with E-state index in [2.05, 4.69) is 20.6 Å². The number of piperidine rings is 1. The summed E-state index contributed by atoms with van der Waals surface area (Å²) < 4.78 is 0. The van der Waals surface area contributed by atoms with Crippen molar-refractivity contribution < 1.29 is 9.59 Å². The Bertz CT molecular complexity index is 718. The van der Waals surface area contributed by atoms with Crippen molar-refractivity contribution in [3.8, 4) is 0 Å². The highest BCUT2D eigenvalue weighted by Gasteiger charge is 2.47. The highest BCUT2D eigenvalue weighted by atomic mass is 32.1. The summed E-state index contributed by atoms with van der Waals surface area (Å²) in [5, 5.41) is 6.75. The van der Waals surface area contributed by atoms with Gasteiger partial charge in [-0.1, -0.05) is 11.3 Å². The number of hydrogen-bond acceptors (Lipinski definition) is 7. The zero-order valence-electron chi connectivity index (χ0n) is 15.0. The van der Waals surface area contributed by atoms with Gasteiger partial charge in [-0.25, -0.2) is 9.98 Å². The topological polar surface area (TPSA) is 89.9 Å². The first-order chi connectivity index (χ1) is 11.9. The van der Waals surface area contributed by atoms with Gasteiger partial charge in [-0.05, 0) is 26.7 Å². The number of nitrogens with one attached hydrogen (secondary N) is 2. The fraction of sp³-hybridized carbons (Fsp3) is 0.625. The Morgan fingerprint density at radius 2 is 2.08 bits per heavy atom. The number of amides is 2. The quantitative estimate of drug-likeness (QED) is 0.832. The second kappa shape index (κ2) is 6.62. The Balaban J connectivity index is 1.70. The lowest BCUT2D eigenvalue weighted by molar-refractivity contribution is -0.125. The molecular weight excluding hydrogens is 340 g/mol. The molecule has 25 heavy (non-hydrogen) atoms. The molecule has 0 aliphatic carbocycles. The number of rotatable bonds is 3. The van der Waals surface area contributed by atoms with E-state index in [4.69, 9.17) is 0 Å². The summed E-state index contributed by atoms with van der Waals surface area (Å²) in [7, 11) is 3.70. The Morgan fingerprint density at radius 1 is 1.40 bits per heavy atom. The number of aliphatic imine (C=N–C) groups is 1. The van der Waals surface area contributed by atoms with Crippen molar-refractivity contribution in [2.75, 3.05) is 39.0 Å². The molecule has 0 saturated carbocycles. The summed E-state index contributed by atoms with van der Waals surface area (Å²) in [6, 6.07) is 0. The Morgan fingerprint density at radius 3 is 2.64 bits per heavy atom. The number of nitrogens with zero attached hydrogens (tertiary/aromatic N) is 4. The number of aromatic nitrogens is 1. The lowest BCUT2D eigenvalue weighted by atomic mass is 9.88. The molecule has 2 N–H and O–H groups in total. The molecule has 2 aliphatic rings. The van der Waals surface area contributed by atoms with E-state index in [0.29, 0.717) is 36.8 Å². The summed E-state index contributed by atoms with van der Waals surface area (Å²) in [5.41, 5.74) is 0.0198. The number of aryl methyl sites for hydroxylation is 1. The van der Waals surface area contributed by atoms with E-state index in [9.17, 15) is 9.59 Å². The molecule has 9 heteroatoms. The first-order valence-corrected chi connectivity index (χ1v) is 9.27. The lowest BCUT2D eigenvalue weighted by Gasteiger charge is -2.35. The number of anilines is 1. The van der Waals surface area contributed by atoms with Crippen molar-refractivity contribution in [2.24, 2.45) is 4.99 Å². The molecule has 1 fully saturated rings. The molecule has 3 rings (SSSR count). The smallest absolute Gasteiger partial charge is 0.265 e. The van der Waals surface area contributed by atoms with Crippen LogP contribution >= 0.6 is 11.3 Å². The van der Waals surface area contributed by atoms with E-state index in [1.807, 2.05) is 27.9 Å². The highest BCUT2D eigenvalue weighted by molar-refractivity contribution is 7.17. The molecule has 2 amide bonds. The third kappa shape index (κ3) is 3.20. The van der Waals surface area contributed by atoms with Gasteiger partial charge < -0.3 is 15.1 Å². The van der Waals surface area contributed by atoms with Crippen LogP contribution in [0.5, 0.6) is 0 Å². The van der Waals surface area contributed by atoms with Gasteiger partial charge in [0.05, 0.1) is 5.69 Å². The first kappa shape index (κ1) is 17.7. The summed E-state index contributed by atoms with van der Waals surface area (Å²) in [6.45, 7) is 5.66. The van der Waals surface area contributed by atoms with E-state index in [-0.39, 0.29) is 11.8 Å². The fourth-order valence-electron chi connectivity index (χ4n) is 3.10. The number of guanidine groups is 1. The maximum Gasteiger partial charge on any atom is 0.265 e. The van der Waals surface area contributed by atoms with Crippen LogP contribution in [0.4, 0.5) is 5.13 Å². The average molecular weight is 364 g/mol. The molecule has 8 nitrogen and oxygen atoms in total. The van der Waals surface area contributed by atoms with Crippen molar-refractivity contribution in [3.63, 3.8) is 0 Å². The van der Waals surface area contributed by atoms with Gasteiger partial charge in [-0.15, -0.1) is 0 Å². The molecule has 1 aromatic rings. The van der Waals surface area contributed by atoms with E-state index in [1.54, 1.807) is 9.80 Å². The van der Waals surface area contributed by atoms with Crippen molar-refractivity contribution in [1.82, 2.24) is 20.1 Å². The first-order valence-electron chi connectivity index (χ1n) is 8.45. The minimum Gasteiger partial charge on any atom is -0.362 e. The average Bonchev–Trinajstić information content (AvgIpc) is 3.09. The Kier molecular flexibility index (Phi) is 4.68. The lowest BCUT2D eigenvalue weighted by Crippen LogP contribution is -2.50. The van der Waals surface area contributed by atoms with Gasteiger partial charge in [0.1, 0.15) is 10.4 Å². The minimum atomic E-state index is -0.728. The molecule has 0 bridgehead atoms. The SMILES string of the molecule is CCNc1nc(C)c(C(=O)N2CCC3(CC2)N=C(N(C)C)NC3=O)s1. The highest BCUT2D eigenvalue weighted by Crippen LogP contribution is 2.32. The van der Waals surface area contributed by atoms with Gasteiger partial charge in [0, 0.05) is 33.7 Å². The molecule has 0 atom stereocenters. The van der Waals surface area contributed by atoms with E-state index >= 15 is 0 Å². The van der Waals surface area contributed by atoms with Crippen LogP contribution in [0.15, 0.2) is 4.99 Å². The molecule has 2 aliphatic heterocycles. The van der Waals surface area contributed by atoms with E-state index < -0.39 is 5.54 Å². The van der Waals surface area contributed by atoms with Gasteiger partial charge in [0.25, 0.3) is 11.8 Å². The Hall–Kier alpha value is -2.16. The van der Waals surface area contributed by atoms with Crippen LogP contribution in [0.3, 0.4) is 0 Å². The number of likely N-dealkylation sites (tertiary alicyclic amines) is 1. The second-order valence-electron chi connectivity index (χ2n) is 6.57. The molecule has 0 unspecified atom stereocenters. The summed E-state index contributed by atoms with van der Waals surface area (Å²) in [6.07, 6.45) is 1.08. The monoisotopic (exact) mass is 364 g/mol. The fourth-order valence-corrected chi connectivity index (χ4v) is 4.10. The van der Waals surface area contributed by atoms with Gasteiger partial charge >= 0.3 is 0 Å². The van der Waals surface area contributed by atoms with Gasteiger partial charge in [-0.2, -0.15) is 0 Å². The van der Waals surface area contributed by atoms with Crippen molar-refractivity contribution in [2.45, 2.75) is 32.2 Å². The van der Waals surface area contributed by atoms with Crippen molar-refractivity contribution >= 4 is 34.2 Å². The molecular formula is C16H24N6O2S. The van der Waals surface area contributed by atoms with Gasteiger partial charge in [0.15, 0.2) is 5.13 Å². The van der Waals surface area contributed by atoms with E-state index in [0.717, 1.165) is 17.4 Å². The molecule has 0 aromatic carbocycles. The van der Waals surface area contributed by atoms with Crippen LogP contribution in [-0.4, -0.2) is 71.8 Å². The largest absolute Gasteiger partial charge is 0.362 e. The van der Waals surface area contributed by atoms with Crippen LogP contribution in [0, 0.1) is 6.92 Å². The minimum absolute atomic E-state index is 0.00998. The van der Waals surface area contributed by atoms with E-state index in [1.165, 1.54) is 11.3 Å². The third-order valence-electron chi connectivity index (χ3n) is 4.59. The van der Waals surface area contributed by atoms with Crippen molar-refractivity contribution in [3.05, 3.63) is 10.6 Å². The van der Waals surface area contributed by atoms with Crippen LogP contribution in [-0.2, 0) is 4.79 Å². The van der Waals surface area contributed by atoms with Crippen LogP contribution in [0.2, 0.25) is 0 Å². The third-order valence-corrected chi connectivity index (χ3v) is 5.69. The molecule has 1 saturated heterocycles. The predicted molar refractivity (Wildman–Crippen MR) is 98.1 cm³/mol. The van der Waals surface area contributed by atoms with Crippen LogP contribution in [0.25, 0.3) is 0 Å². The maximum atomic E-state index is 12.8. The standard InChI is InChI=1S/C16H24N6O2S/c1-5-17-15-18-10(2)11(25-15)12(23)22-8-6-16(7-9-22)13(24)19-14(20-16)21(3)4/h5-9H2,1-4H3,(H,17,18)(H,19,20,24). The molecule has 1 spiro atoms. The normalized spacial score (nSPS) is 19.0. The number of hydrogen-bond donors (Lipinski definition) is 2. The molecule has 3 heterocycles. The maximum absolute atomic E-state index is 12.8. The second-order valence-corrected chi connectivity index (χ2v) is 7.57. The van der Waals surface area contributed by atoms with Gasteiger partial charge in [0.2, 0.25) is 5.96 Å². The molecule has 136 valence electrons. The number of thiazole rings is 1. The zero-order valence-corrected chi connectivity index (χ0v) is 15.9.